The number of benzene rings is 1. The van der Waals surface area contributed by atoms with Crippen molar-refractivity contribution in [1.82, 2.24) is 4.90 Å². The van der Waals surface area contributed by atoms with Gasteiger partial charge in [-0.05, 0) is 25.3 Å². The van der Waals surface area contributed by atoms with Gasteiger partial charge in [0.05, 0.1) is 37.5 Å². The van der Waals surface area contributed by atoms with Crippen LogP contribution < -0.4 is 15.1 Å². The molecule has 3 rings (SSSR count). The topological polar surface area (TPSA) is 106 Å². The highest BCUT2D eigenvalue weighted by Crippen LogP contribution is 2.34. The molecule has 1 aromatic heterocycles. The monoisotopic (exact) mass is 389 g/mol. The van der Waals surface area contributed by atoms with E-state index in [2.05, 4.69) is 0 Å². The Morgan fingerprint density at radius 1 is 1.29 bits per heavy atom. The number of aliphatic carboxylic acids is 1. The predicted molar refractivity (Wildman–Crippen MR) is 101 cm³/mol. The first-order valence-corrected chi connectivity index (χ1v) is 9.04. The Kier molecular flexibility index (Phi) is 5.58. The van der Waals surface area contributed by atoms with Gasteiger partial charge < -0.3 is 23.9 Å². The molecular weight excluding hydrogens is 366 g/mol. The van der Waals surface area contributed by atoms with Crippen molar-refractivity contribution < 1.29 is 28.6 Å². The lowest BCUT2D eigenvalue weighted by atomic mass is 9.97. The maximum absolute atomic E-state index is 12.7. The van der Waals surface area contributed by atoms with E-state index in [1.165, 1.54) is 19.1 Å². The van der Waals surface area contributed by atoms with Gasteiger partial charge in [-0.2, -0.15) is 0 Å². The number of carboxylic acid groups (broad SMARTS) is 1. The Morgan fingerprint density at radius 2 is 2.04 bits per heavy atom. The fraction of sp³-hybridized carbons (Fsp3) is 0.450. The van der Waals surface area contributed by atoms with Gasteiger partial charge in [0.25, 0.3) is 0 Å². The Morgan fingerprint density at radius 3 is 2.68 bits per heavy atom. The number of hydrogen-bond acceptors (Lipinski definition) is 6. The second kappa shape index (κ2) is 7.92. The van der Waals surface area contributed by atoms with Crippen LogP contribution in [0.15, 0.2) is 21.3 Å². The molecule has 1 amide bonds. The number of piperidine rings is 1. The van der Waals surface area contributed by atoms with Gasteiger partial charge in [-0.15, -0.1) is 0 Å². The lowest BCUT2D eigenvalue weighted by Gasteiger charge is -2.30. The van der Waals surface area contributed by atoms with E-state index < -0.39 is 17.5 Å². The predicted octanol–water partition coefficient (Wildman–Crippen LogP) is 1.98. The highest BCUT2D eigenvalue weighted by atomic mass is 16.5. The minimum absolute atomic E-state index is 0.147. The zero-order valence-electron chi connectivity index (χ0n) is 16.1. The number of nitrogens with zero attached hydrogens (tertiary/aromatic N) is 1. The van der Waals surface area contributed by atoms with E-state index in [1.807, 2.05) is 0 Å². The molecule has 1 aliphatic heterocycles. The Bertz CT molecular complexity index is 979. The van der Waals surface area contributed by atoms with E-state index >= 15 is 0 Å². The van der Waals surface area contributed by atoms with Crippen LogP contribution in [0.1, 0.15) is 24.0 Å². The molecule has 0 radical (unpaired) electrons. The van der Waals surface area contributed by atoms with Gasteiger partial charge in [0.15, 0.2) is 0 Å². The second-order valence-electron chi connectivity index (χ2n) is 6.89. The summed E-state index contributed by atoms with van der Waals surface area (Å²) in [6, 6.07) is 3.28. The number of carboxylic acids is 1. The number of rotatable bonds is 5. The van der Waals surface area contributed by atoms with Crippen LogP contribution in [0.25, 0.3) is 11.0 Å². The van der Waals surface area contributed by atoms with Crippen molar-refractivity contribution in [2.75, 3.05) is 27.3 Å². The highest BCUT2D eigenvalue weighted by Gasteiger charge is 2.29. The summed E-state index contributed by atoms with van der Waals surface area (Å²) < 4.78 is 16.0. The van der Waals surface area contributed by atoms with Crippen LogP contribution in [0.2, 0.25) is 0 Å². The molecule has 2 heterocycles. The summed E-state index contributed by atoms with van der Waals surface area (Å²) in [6.45, 7) is 2.39. The zero-order valence-corrected chi connectivity index (χ0v) is 16.1. The molecule has 28 heavy (non-hydrogen) atoms. The molecule has 0 bridgehead atoms. The van der Waals surface area contributed by atoms with Crippen LogP contribution in [0.4, 0.5) is 0 Å². The zero-order chi connectivity index (χ0) is 20.4. The number of methoxy groups -OCH3 is 2. The molecule has 0 saturated carbocycles. The average Bonchev–Trinajstić information content (AvgIpc) is 2.69. The van der Waals surface area contributed by atoms with Gasteiger partial charge in [0.1, 0.15) is 17.1 Å². The lowest BCUT2D eigenvalue weighted by Crippen LogP contribution is -2.43. The number of carbonyl (C=O) groups excluding carboxylic acids is 1. The minimum atomic E-state index is -0.905. The van der Waals surface area contributed by atoms with E-state index in [-0.39, 0.29) is 24.4 Å². The summed E-state index contributed by atoms with van der Waals surface area (Å²) >= 11 is 0. The quantitative estimate of drug-likeness (QED) is 0.780. The average molecular weight is 389 g/mol. The first kappa shape index (κ1) is 19.7. The molecule has 150 valence electrons. The normalized spacial score (nSPS) is 16.8. The molecule has 0 spiro atoms. The Balaban J connectivity index is 1.96. The van der Waals surface area contributed by atoms with Crippen molar-refractivity contribution in [2.24, 2.45) is 5.92 Å². The van der Waals surface area contributed by atoms with Gasteiger partial charge in [-0.3, -0.25) is 9.59 Å². The Labute approximate surface area is 161 Å². The Hall–Kier alpha value is -3.03. The molecule has 1 aliphatic rings. The number of likely N-dealkylation sites (tertiary alicyclic amines) is 1. The van der Waals surface area contributed by atoms with Crippen molar-refractivity contribution in [1.29, 1.82) is 0 Å². The van der Waals surface area contributed by atoms with Gasteiger partial charge in [-0.25, -0.2) is 4.79 Å². The third kappa shape index (κ3) is 3.67. The van der Waals surface area contributed by atoms with Crippen molar-refractivity contribution in [3.05, 3.63) is 33.7 Å². The molecule has 1 saturated heterocycles. The van der Waals surface area contributed by atoms with Crippen LogP contribution in [-0.4, -0.2) is 49.2 Å². The molecule has 1 aromatic carbocycles. The number of fused-ring (bicyclic) bond motifs is 1. The summed E-state index contributed by atoms with van der Waals surface area (Å²) in [5.41, 5.74) is 0.573. The smallest absolute Gasteiger partial charge is 0.340 e. The van der Waals surface area contributed by atoms with Gasteiger partial charge in [-0.1, -0.05) is 0 Å². The SMILES string of the molecule is COc1cc(OC)c2c(C)c(CC(=O)N3CCC[C@H](C(=O)O)C3)c(=O)oc2c1. The van der Waals surface area contributed by atoms with Crippen LogP contribution >= 0.6 is 0 Å². The maximum atomic E-state index is 12.7. The number of aryl methyl sites for hydroxylation is 1. The first-order chi connectivity index (χ1) is 13.3. The van der Waals surface area contributed by atoms with Crippen LogP contribution in [0.5, 0.6) is 11.5 Å². The van der Waals surface area contributed by atoms with E-state index in [4.69, 9.17) is 13.9 Å². The fourth-order valence-electron chi connectivity index (χ4n) is 3.63. The summed E-state index contributed by atoms with van der Waals surface area (Å²) in [7, 11) is 3.00. The van der Waals surface area contributed by atoms with Gasteiger partial charge in [0, 0.05) is 25.2 Å². The fourth-order valence-corrected chi connectivity index (χ4v) is 3.63. The molecule has 8 heteroatoms. The summed E-state index contributed by atoms with van der Waals surface area (Å²) in [5, 5.41) is 9.81. The summed E-state index contributed by atoms with van der Waals surface area (Å²) in [6.07, 6.45) is 1.03. The summed E-state index contributed by atoms with van der Waals surface area (Å²) in [4.78, 5) is 38.0. The van der Waals surface area contributed by atoms with Crippen molar-refractivity contribution in [3.63, 3.8) is 0 Å². The lowest BCUT2D eigenvalue weighted by molar-refractivity contribution is -0.145. The third-order valence-electron chi connectivity index (χ3n) is 5.22. The summed E-state index contributed by atoms with van der Waals surface area (Å²) in [5.74, 6) is -0.790. The molecule has 1 atom stereocenters. The third-order valence-corrected chi connectivity index (χ3v) is 5.22. The molecule has 0 aliphatic carbocycles. The molecule has 1 fully saturated rings. The van der Waals surface area contributed by atoms with Crippen molar-refractivity contribution >= 4 is 22.8 Å². The van der Waals surface area contributed by atoms with Gasteiger partial charge in [0.2, 0.25) is 5.91 Å². The van der Waals surface area contributed by atoms with Crippen molar-refractivity contribution in [3.8, 4) is 11.5 Å². The number of carbonyl (C=O) groups is 2. The molecular formula is C20H23NO7. The van der Waals surface area contributed by atoms with E-state index in [0.29, 0.717) is 47.4 Å². The van der Waals surface area contributed by atoms with Crippen molar-refractivity contribution in [2.45, 2.75) is 26.2 Å². The maximum Gasteiger partial charge on any atom is 0.340 e. The van der Waals surface area contributed by atoms with E-state index in [9.17, 15) is 19.5 Å². The van der Waals surface area contributed by atoms with E-state index in [0.717, 1.165) is 0 Å². The highest BCUT2D eigenvalue weighted by molar-refractivity contribution is 5.90. The largest absolute Gasteiger partial charge is 0.496 e. The number of amides is 1. The van der Waals surface area contributed by atoms with Gasteiger partial charge >= 0.3 is 11.6 Å². The molecule has 0 unspecified atom stereocenters. The first-order valence-electron chi connectivity index (χ1n) is 9.04. The van der Waals surface area contributed by atoms with Crippen LogP contribution in [-0.2, 0) is 16.0 Å². The molecule has 1 N–H and O–H groups in total. The van der Waals surface area contributed by atoms with Crippen LogP contribution in [0.3, 0.4) is 0 Å². The van der Waals surface area contributed by atoms with Crippen LogP contribution in [0, 0.1) is 12.8 Å². The standard InChI is InChI=1S/C20H23NO7/c1-11-14(9-17(22)21-6-4-5-12(10-21)19(23)24)20(25)28-16-8-13(26-2)7-15(27-3)18(11)16/h7-8,12H,4-6,9-10H2,1-3H3,(H,23,24)/t12-/m0/s1. The molecule has 2 aromatic rings. The second-order valence-corrected chi connectivity index (χ2v) is 6.89. The minimum Gasteiger partial charge on any atom is -0.496 e. The number of ether oxygens (including phenoxy) is 2. The number of hydrogen-bond donors (Lipinski definition) is 1. The molecule has 8 nitrogen and oxygen atoms in total. The van der Waals surface area contributed by atoms with E-state index in [1.54, 1.807) is 19.1 Å².